The van der Waals surface area contributed by atoms with E-state index in [0.717, 1.165) is 43.6 Å². The van der Waals surface area contributed by atoms with Crippen LogP contribution in [0, 0.1) is 0 Å². The Labute approximate surface area is 125 Å². The Morgan fingerprint density at radius 3 is 2.38 bits per heavy atom. The minimum Gasteiger partial charge on any atom is -0.325 e. The lowest BCUT2D eigenvalue weighted by molar-refractivity contribution is 0.222. The summed E-state index contributed by atoms with van der Waals surface area (Å²) in [5.74, 6) is 0. The second-order valence-corrected chi connectivity index (χ2v) is 5.44. The molecule has 1 N–H and O–H groups in total. The Morgan fingerprint density at radius 2 is 1.62 bits per heavy atom. The molecule has 0 atom stereocenters. The molecule has 0 radical (unpaired) electrons. The third kappa shape index (κ3) is 3.43. The van der Waals surface area contributed by atoms with Gasteiger partial charge in [0.2, 0.25) is 0 Å². The maximum Gasteiger partial charge on any atom is 0.321 e. The number of urea groups is 1. The number of nitrogens with one attached hydrogen (secondary N) is 1. The second kappa shape index (κ2) is 6.44. The Morgan fingerprint density at radius 1 is 0.952 bits per heavy atom. The summed E-state index contributed by atoms with van der Waals surface area (Å²) < 4.78 is 0. The molecule has 0 aliphatic carbocycles. The van der Waals surface area contributed by atoms with Crippen molar-refractivity contribution in [2.75, 3.05) is 18.4 Å². The third-order valence-corrected chi connectivity index (χ3v) is 3.89. The largest absolute Gasteiger partial charge is 0.325 e. The summed E-state index contributed by atoms with van der Waals surface area (Å²) >= 11 is 0. The lowest BCUT2D eigenvalue weighted by Gasteiger charge is -2.18. The summed E-state index contributed by atoms with van der Waals surface area (Å²) in [6.07, 6.45) is 3.05. The molecular weight excluding hydrogens is 260 g/mol. The molecule has 0 unspecified atom stereocenters. The first-order chi connectivity index (χ1) is 10.3. The van der Waals surface area contributed by atoms with Crippen molar-refractivity contribution in [1.82, 2.24) is 4.90 Å². The van der Waals surface area contributed by atoms with Gasteiger partial charge in [0, 0.05) is 18.8 Å². The molecule has 1 heterocycles. The molecule has 2 amide bonds. The summed E-state index contributed by atoms with van der Waals surface area (Å²) in [4.78, 5) is 14.1. The molecule has 21 heavy (non-hydrogen) atoms. The molecule has 3 heteroatoms. The Hall–Kier alpha value is -2.29. The van der Waals surface area contributed by atoms with Gasteiger partial charge in [-0.05, 0) is 36.5 Å². The number of hydrogen-bond donors (Lipinski definition) is 1. The molecule has 3 rings (SSSR count). The van der Waals surface area contributed by atoms with Crippen molar-refractivity contribution >= 4 is 11.7 Å². The molecule has 1 aliphatic rings. The van der Waals surface area contributed by atoms with Crippen LogP contribution in [0.5, 0.6) is 0 Å². The normalized spacial score (nSPS) is 14.2. The molecule has 2 aromatic carbocycles. The minimum absolute atomic E-state index is 0.0213. The van der Waals surface area contributed by atoms with E-state index in [1.54, 1.807) is 0 Å². The quantitative estimate of drug-likeness (QED) is 0.908. The van der Waals surface area contributed by atoms with Crippen LogP contribution in [-0.2, 0) is 6.42 Å². The zero-order chi connectivity index (χ0) is 14.5. The van der Waals surface area contributed by atoms with E-state index in [0.29, 0.717) is 0 Å². The first kappa shape index (κ1) is 13.7. The van der Waals surface area contributed by atoms with E-state index < -0.39 is 0 Å². The molecule has 0 saturated carbocycles. The predicted molar refractivity (Wildman–Crippen MR) is 85.5 cm³/mol. The number of benzene rings is 2. The number of likely N-dealkylation sites (tertiary alicyclic amines) is 1. The summed E-state index contributed by atoms with van der Waals surface area (Å²) in [6, 6.07) is 18.4. The van der Waals surface area contributed by atoms with Crippen LogP contribution in [0.25, 0.3) is 0 Å². The molecule has 2 aromatic rings. The Balaban J connectivity index is 1.74. The van der Waals surface area contributed by atoms with Gasteiger partial charge in [-0.3, -0.25) is 0 Å². The number of carbonyl (C=O) groups is 1. The molecule has 1 fully saturated rings. The molecule has 3 nitrogen and oxygen atoms in total. The van der Waals surface area contributed by atoms with E-state index in [4.69, 9.17) is 0 Å². The molecule has 108 valence electrons. The monoisotopic (exact) mass is 280 g/mol. The van der Waals surface area contributed by atoms with Gasteiger partial charge in [-0.15, -0.1) is 0 Å². The van der Waals surface area contributed by atoms with Crippen LogP contribution in [-0.4, -0.2) is 24.0 Å². The highest BCUT2D eigenvalue weighted by Gasteiger charge is 2.18. The van der Waals surface area contributed by atoms with Gasteiger partial charge in [-0.1, -0.05) is 48.5 Å². The first-order valence-electron chi connectivity index (χ1n) is 7.51. The van der Waals surface area contributed by atoms with Crippen LogP contribution in [0.15, 0.2) is 54.6 Å². The number of nitrogens with zero attached hydrogens (tertiary/aromatic N) is 1. The highest BCUT2D eigenvalue weighted by molar-refractivity contribution is 5.90. The van der Waals surface area contributed by atoms with E-state index in [9.17, 15) is 4.79 Å². The molecule has 1 aliphatic heterocycles. The molecule has 0 spiro atoms. The average molecular weight is 280 g/mol. The maximum absolute atomic E-state index is 12.2. The van der Waals surface area contributed by atoms with Crippen molar-refractivity contribution in [2.24, 2.45) is 0 Å². The number of anilines is 1. The van der Waals surface area contributed by atoms with Crippen LogP contribution < -0.4 is 5.32 Å². The standard InChI is InChI=1S/C18H20N2O/c21-18(20-12-6-7-13-20)19-17-11-5-4-10-16(17)14-15-8-2-1-3-9-15/h1-5,8-11H,6-7,12-14H2,(H,19,21). The van der Waals surface area contributed by atoms with Gasteiger partial charge in [0.15, 0.2) is 0 Å². The van der Waals surface area contributed by atoms with Crippen molar-refractivity contribution in [2.45, 2.75) is 19.3 Å². The van der Waals surface area contributed by atoms with Crippen molar-refractivity contribution in [3.63, 3.8) is 0 Å². The van der Waals surface area contributed by atoms with Gasteiger partial charge < -0.3 is 10.2 Å². The summed E-state index contributed by atoms with van der Waals surface area (Å²) in [6.45, 7) is 1.74. The first-order valence-corrected chi connectivity index (χ1v) is 7.51. The Kier molecular flexibility index (Phi) is 4.20. The number of hydrogen-bond acceptors (Lipinski definition) is 1. The smallest absolute Gasteiger partial charge is 0.321 e. The van der Waals surface area contributed by atoms with Crippen LogP contribution >= 0.6 is 0 Å². The molecular formula is C18H20N2O. The van der Waals surface area contributed by atoms with Gasteiger partial charge in [-0.25, -0.2) is 4.79 Å². The van der Waals surface area contributed by atoms with E-state index in [1.807, 2.05) is 41.3 Å². The van der Waals surface area contributed by atoms with Crippen molar-refractivity contribution in [3.8, 4) is 0 Å². The van der Waals surface area contributed by atoms with Gasteiger partial charge in [-0.2, -0.15) is 0 Å². The van der Waals surface area contributed by atoms with E-state index in [-0.39, 0.29) is 6.03 Å². The number of para-hydroxylation sites is 1. The molecule has 0 bridgehead atoms. The third-order valence-electron chi connectivity index (χ3n) is 3.89. The van der Waals surface area contributed by atoms with Gasteiger partial charge in [0.05, 0.1) is 0 Å². The lowest BCUT2D eigenvalue weighted by atomic mass is 10.0. The zero-order valence-electron chi connectivity index (χ0n) is 12.1. The summed E-state index contributed by atoms with van der Waals surface area (Å²) in [5, 5.41) is 3.06. The number of amides is 2. The van der Waals surface area contributed by atoms with Crippen LogP contribution in [0.4, 0.5) is 10.5 Å². The predicted octanol–water partition coefficient (Wildman–Crippen LogP) is 3.91. The summed E-state index contributed by atoms with van der Waals surface area (Å²) in [7, 11) is 0. The van der Waals surface area contributed by atoms with E-state index in [2.05, 4.69) is 23.5 Å². The summed E-state index contributed by atoms with van der Waals surface area (Å²) in [5.41, 5.74) is 3.31. The number of rotatable bonds is 3. The lowest BCUT2D eigenvalue weighted by Crippen LogP contribution is -2.32. The average Bonchev–Trinajstić information content (AvgIpc) is 3.05. The van der Waals surface area contributed by atoms with Gasteiger partial charge in [0.1, 0.15) is 0 Å². The van der Waals surface area contributed by atoms with Gasteiger partial charge >= 0.3 is 6.03 Å². The van der Waals surface area contributed by atoms with E-state index in [1.165, 1.54) is 5.56 Å². The van der Waals surface area contributed by atoms with Crippen LogP contribution in [0.3, 0.4) is 0 Å². The fraction of sp³-hybridized carbons (Fsp3) is 0.278. The topological polar surface area (TPSA) is 32.3 Å². The molecule has 1 saturated heterocycles. The zero-order valence-corrected chi connectivity index (χ0v) is 12.1. The van der Waals surface area contributed by atoms with E-state index >= 15 is 0 Å². The number of carbonyl (C=O) groups excluding carboxylic acids is 1. The fourth-order valence-corrected chi connectivity index (χ4v) is 2.73. The van der Waals surface area contributed by atoms with Gasteiger partial charge in [0.25, 0.3) is 0 Å². The SMILES string of the molecule is O=C(Nc1ccccc1Cc1ccccc1)N1CCCC1. The highest BCUT2D eigenvalue weighted by Crippen LogP contribution is 2.20. The maximum atomic E-state index is 12.2. The second-order valence-electron chi connectivity index (χ2n) is 5.44. The van der Waals surface area contributed by atoms with Crippen molar-refractivity contribution in [1.29, 1.82) is 0 Å². The fourth-order valence-electron chi connectivity index (χ4n) is 2.73. The molecule has 0 aromatic heterocycles. The van der Waals surface area contributed by atoms with Crippen molar-refractivity contribution in [3.05, 3.63) is 65.7 Å². The Bertz CT molecular complexity index is 604. The highest BCUT2D eigenvalue weighted by atomic mass is 16.2. The van der Waals surface area contributed by atoms with Crippen LogP contribution in [0.2, 0.25) is 0 Å². The van der Waals surface area contributed by atoms with Crippen molar-refractivity contribution < 1.29 is 4.79 Å². The van der Waals surface area contributed by atoms with Crippen LogP contribution in [0.1, 0.15) is 24.0 Å². The minimum atomic E-state index is 0.0213.